The Morgan fingerprint density at radius 3 is 2.43 bits per heavy atom. The van der Waals surface area contributed by atoms with E-state index < -0.39 is 0 Å². The van der Waals surface area contributed by atoms with Crippen LogP contribution in [0.15, 0.2) is 46.9 Å². The SMILES string of the molecule is CCc1ccc(Oc2ccc(CNC3CC3)cc2Br)cc1. The molecule has 2 nitrogen and oxygen atoms in total. The maximum absolute atomic E-state index is 5.93. The van der Waals surface area contributed by atoms with E-state index in [1.165, 1.54) is 24.0 Å². The first-order valence-electron chi connectivity index (χ1n) is 7.53. The van der Waals surface area contributed by atoms with Crippen LogP contribution in [0.1, 0.15) is 30.9 Å². The molecule has 0 aromatic heterocycles. The second-order valence-corrected chi connectivity index (χ2v) is 6.37. The fourth-order valence-corrected chi connectivity index (χ4v) is 2.71. The van der Waals surface area contributed by atoms with Crippen LogP contribution in [-0.2, 0) is 13.0 Å². The number of aryl methyl sites for hydroxylation is 1. The van der Waals surface area contributed by atoms with Crippen LogP contribution in [0.4, 0.5) is 0 Å². The number of hydrogen-bond acceptors (Lipinski definition) is 2. The van der Waals surface area contributed by atoms with E-state index in [4.69, 9.17) is 4.74 Å². The van der Waals surface area contributed by atoms with E-state index in [-0.39, 0.29) is 0 Å². The molecule has 110 valence electrons. The summed E-state index contributed by atoms with van der Waals surface area (Å²) in [6.45, 7) is 3.08. The number of benzene rings is 2. The quantitative estimate of drug-likeness (QED) is 0.790. The molecule has 0 saturated heterocycles. The predicted molar refractivity (Wildman–Crippen MR) is 89.9 cm³/mol. The van der Waals surface area contributed by atoms with Crippen LogP contribution in [0.2, 0.25) is 0 Å². The molecule has 1 N–H and O–H groups in total. The predicted octanol–water partition coefficient (Wildman–Crippen LogP) is 5.06. The Bertz CT molecular complexity index is 605. The van der Waals surface area contributed by atoms with Crippen molar-refractivity contribution in [1.82, 2.24) is 5.32 Å². The molecule has 1 aliphatic carbocycles. The van der Waals surface area contributed by atoms with Crippen molar-refractivity contribution in [1.29, 1.82) is 0 Å². The van der Waals surface area contributed by atoms with Crippen LogP contribution in [0.25, 0.3) is 0 Å². The lowest BCUT2D eigenvalue weighted by molar-refractivity contribution is 0.479. The van der Waals surface area contributed by atoms with Gasteiger partial charge in [0.1, 0.15) is 11.5 Å². The lowest BCUT2D eigenvalue weighted by Gasteiger charge is -2.10. The van der Waals surface area contributed by atoms with E-state index in [0.717, 1.165) is 35.0 Å². The molecule has 0 bridgehead atoms. The summed E-state index contributed by atoms with van der Waals surface area (Å²) in [6.07, 6.45) is 3.68. The second-order valence-electron chi connectivity index (χ2n) is 5.52. The highest BCUT2D eigenvalue weighted by molar-refractivity contribution is 9.10. The average Bonchev–Trinajstić information content (AvgIpc) is 3.33. The standard InChI is InChI=1S/C18H20BrNO/c1-2-13-3-8-16(9-4-13)21-18-10-5-14(11-17(18)19)12-20-15-6-7-15/h3-5,8-11,15,20H,2,6-7,12H2,1H3. The summed E-state index contributed by atoms with van der Waals surface area (Å²) in [6, 6.07) is 15.3. The zero-order chi connectivity index (χ0) is 14.7. The molecular formula is C18H20BrNO. The van der Waals surface area contributed by atoms with Gasteiger partial charge in [0.15, 0.2) is 0 Å². The fraction of sp³-hybridized carbons (Fsp3) is 0.333. The van der Waals surface area contributed by atoms with Gasteiger partial charge in [-0.05, 0) is 70.6 Å². The fourth-order valence-electron chi connectivity index (χ4n) is 2.21. The van der Waals surface area contributed by atoms with Gasteiger partial charge < -0.3 is 10.1 Å². The van der Waals surface area contributed by atoms with E-state index in [1.54, 1.807) is 0 Å². The first kappa shape index (κ1) is 14.6. The van der Waals surface area contributed by atoms with E-state index in [9.17, 15) is 0 Å². The molecule has 1 saturated carbocycles. The Morgan fingerprint density at radius 1 is 1.10 bits per heavy atom. The monoisotopic (exact) mass is 345 g/mol. The molecule has 0 atom stereocenters. The van der Waals surface area contributed by atoms with Gasteiger partial charge in [0.2, 0.25) is 0 Å². The first-order chi connectivity index (χ1) is 10.2. The normalized spacial score (nSPS) is 14.2. The maximum Gasteiger partial charge on any atom is 0.141 e. The van der Waals surface area contributed by atoms with Gasteiger partial charge in [-0.25, -0.2) is 0 Å². The Balaban J connectivity index is 1.66. The molecule has 0 heterocycles. The molecule has 1 fully saturated rings. The van der Waals surface area contributed by atoms with Gasteiger partial charge in [0, 0.05) is 12.6 Å². The maximum atomic E-state index is 5.93. The van der Waals surface area contributed by atoms with Crippen LogP contribution in [0.5, 0.6) is 11.5 Å². The summed E-state index contributed by atoms with van der Waals surface area (Å²) < 4.78 is 6.93. The van der Waals surface area contributed by atoms with E-state index in [2.05, 4.69) is 52.4 Å². The molecule has 0 aliphatic heterocycles. The summed E-state index contributed by atoms with van der Waals surface area (Å²) in [5.41, 5.74) is 2.60. The third-order valence-electron chi connectivity index (χ3n) is 3.73. The molecular weight excluding hydrogens is 326 g/mol. The van der Waals surface area contributed by atoms with E-state index in [0.29, 0.717) is 0 Å². The Labute approximate surface area is 134 Å². The van der Waals surface area contributed by atoms with Crippen molar-refractivity contribution < 1.29 is 4.74 Å². The number of nitrogens with one attached hydrogen (secondary N) is 1. The molecule has 21 heavy (non-hydrogen) atoms. The van der Waals surface area contributed by atoms with Gasteiger partial charge >= 0.3 is 0 Å². The van der Waals surface area contributed by atoms with Gasteiger partial charge in [0.05, 0.1) is 4.47 Å². The van der Waals surface area contributed by atoms with Gasteiger partial charge in [-0.3, -0.25) is 0 Å². The smallest absolute Gasteiger partial charge is 0.141 e. The summed E-state index contributed by atoms with van der Waals surface area (Å²) in [5.74, 6) is 1.73. The summed E-state index contributed by atoms with van der Waals surface area (Å²) in [5, 5.41) is 3.52. The molecule has 3 rings (SSSR count). The Morgan fingerprint density at radius 2 is 1.81 bits per heavy atom. The zero-order valence-electron chi connectivity index (χ0n) is 12.2. The van der Waals surface area contributed by atoms with Gasteiger partial charge in [-0.2, -0.15) is 0 Å². The highest BCUT2D eigenvalue weighted by Gasteiger charge is 2.20. The third kappa shape index (κ3) is 4.08. The van der Waals surface area contributed by atoms with E-state index in [1.807, 2.05) is 18.2 Å². The van der Waals surface area contributed by atoms with Crippen molar-refractivity contribution >= 4 is 15.9 Å². The second kappa shape index (κ2) is 6.63. The van der Waals surface area contributed by atoms with Crippen molar-refractivity contribution in [2.45, 2.75) is 38.8 Å². The lowest BCUT2D eigenvalue weighted by Crippen LogP contribution is -2.15. The minimum Gasteiger partial charge on any atom is -0.456 e. The van der Waals surface area contributed by atoms with Crippen molar-refractivity contribution in [3.05, 3.63) is 58.1 Å². The molecule has 0 spiro atoms. The lowest BCUT2D eigenvalue weighted by atomic mass is 10.2. The van der Waals surface area contributed by atoms with Crippen LogP contribution in [0, 0.1) is 0 Å². The third-order valence-corrected chi connectivity index (χ3v) is 4.35. The summed E-state index contributed by atoms with van der Waals surface area (Å²) in [7, 11) is 0. The number of halogens is 1. The van der Waals surface area contributed by atoms with Gasteiger partial charge in [-0.15, -0.1) is 0 Å². The van der Waals surface area contributed by atoms with Crippen LogP contribution in [-0.4, -0.2) is 6.04 Å². The summed E-state index contributed by atoms with van der Waals surface area (Å²) >= 11 is 3.60. The molecule has 1 aliphatic rings. The van der Waals surface area contributed by atoms with Crippen molar-refractivity contribution in [2.24, 2.45) is 0 Å². The Hall–Kier alpha value is -1.32. The molecule has 0 amide bonds. The largest absolute Gasteiger partial charge is 0.456 e. The van der Waals surface area contributed by atoms with Gasteiger partial charge in [0.25, 0.3) is 0 Å². The van der Waals surface area contributed by atoms with Crippen molar-refractivity contribution in [2.75, 3.05) is 0 Å². The average molecular weight is 346 g/mol. The highest BCUT2D eigenvalue weighted by Crippen LogP contribution is 2.31. The number of hydrogen-bond donors (Lipinski definition) is 1. The topological polar surface area (TPSA) is 21.3 Å². The molecule has 2 aromatic rings. The molecule has 0 radical (unpaired) electrons. The minimum atomic E-state index is 0.733. The number of rotatable bonds is 6. The van der Waals surface area contributed by atoms with Crippen LogP contribution < -0.4 is 10.1 Å². The zero-order valence-corrected chi connectivity index (χ0v) is 13.8. The minimum absolute atomic E-state index is 0.733. The van der Waals surface area contributed by atoms with Crippen LogP contribution >= 0.6 is 15.9 Å². The molecule has 0 unspecified atom stereocenters. The summed E-state index contributed by atoms with van der Waals surface area (Å²) in [4.78, 5) is 0. The Kier molecular flexibility index (Phi) is 4.61. The van der Waals surface area contributed by atoms with Crippen molar-refractivity contribution in [3.63, 3.8) is 0 Å². The highest BCUT2D eigenvalue weighted by atomic mass is 79.9. The molecule has 2 aromatic carbocycles. The number of ether oxygens (including phenoxy) is 1. The van der Waals surface area contributed by atoms with Crippen molar-refractivity contribution in [3.8, 4) is 11.5 Å². The van der Waals surface area contributed by atoms with Gasteiger partial charge in [-0.1, -0.05) is 25.1 Å². The van der Waals surface area contributed by atoms with Crippen LogP contribution in [0.3, 0.4) is 0 Å². The van der Waals surface area contributed by atoms with E-state index >= 15 is 0 Å². The first-order valence-corrected chi connectivity index (χ1v) is 8.32. The molecule has 3 heteroatoms.